The number of carbonyl (C=O) groups excluding carboxylic acids is 1. The zero-order chi connectivity index (χ0) is 13.8. The third-order valence-corrected chi connectivity index (χ3v) is 3.43. The summed E-state index contributed by atoms with van der Waals surface area (Å²) >= 11 is 3.41. The van der Waals surface area contributed by atoms with Crippen molar-refractivity contribution in [1.29, 1.82) is 0 Å². The van der Waals surface area contributed by atoms with Gasteiger partial charge < -0.3 is 9.47 Å². The Morgan fingerprint density at radius 1 is 1.33 bits per heavy atom. The highest BCUT2D eigenvalue weighted by atomic mass is 79.9. The molecule has 0 radical (unpaired) electrons. The molecule has 1 rings (SSSR count). The number of benzene rings is 1. The van der Waals surface area contributed by atoms with Gasteiger partial charge >= 0.3 is 5.97 Å². The van der Waals surface area contributed by atoms with E-state index in [2.05, 4.69) is 15.9 Å². The van der Waals surface area contributed by atoms with Crippen LogP contribution in [0.2, 0.25) is 0 Å². The van der Waals surface area contributed by atoms with Crippen LogP contribution in [-0.4, -0.2) is 19.7 Å². The fourth-order valence-corrected chi connectivity index (χ4v) is 1.95. The van der Waals surface area contributed by atoms with Crippen LogP contribution in [0.1, 0.15) is 20.8 Å². The van der Waals surface area contributed by atoms with E-state index in [1.165, 1.54) is 7.11 Å². The van der Waals surface area contributed by atoms with Crippen LogP contribution in [0.4, 0.5) is 0 Å². The molecule has 4 heteroatoms. The number of carbonyl (C=O) groups is 1. The van der Waals surface area contributed by atoms with Crippen molar-refractivity contribution in [3.8, 4) is 5.75 Å². The lowest BCUT2D eigenvalue weighted by Gasteiger charge is -2.28. The first-order valence-electron chi connectivity index (χ1n) is 5.81. The van der Waals surface area contributed by atoms with Crippen LogP contribution in [0, 0.1) is 11.3 Å². The van der Waals surface area contributed by atoms with Gasteiger partial charge in [-0.05, 0) is 33.5 Å². The Kier molecular flexibility index (Phi) is 5.20. The molecule has 0 aliphatic carbocycles. The van der Waals surface area contributed by atoms with Gasteiger partial charge in [-0.3, -0.25) is 4.79 Å². The number of ether oxygens (including phenoxy) is 2. The van der Waals surface area contributed by atoms with Gasteiger partial charge in [0.05, 0.1) is 17.5 Å². The summed E-state index contributed by atoms with van der Waals surface area (Å²) in [6.07, 6.45) is 0. The number of hydrogen-bond acceptors (Lipinski definition) is 3. The van der Waals surface area contributed by atoms with Crippen LogP contribution < -0.4 is 4.74 Å². The molecule has 0 aliphatic rings. The van der Waals surface area contributed by atoms with Gasteiger partial charge in [-0.15, -0.1) is 0 Å². The summed E-state index contributed by atoms with van der Waals surface area (Å²) in [5.41, 5.74) is -0.200. The third-order valence-electron chi connectivity index (χ3n) is 2.77. The summed E-state index contributed by atoms with van der Waals surface area (Å²) in [6.45, 7) is 6.30. The normalized spacial score (nSPS) is 12.9. The Morgan fingerprint density at radius 2 is 1.94 bits per heavy atom. The van der Waals surface area contributed by atoms with E-state index in [4.69, 9.17) is 9.47 Å². The maximum absolute atomic E-state index is 11.8. The van der Waals surface area contributed by atoms with Gasteiger partial charge in [-0.25, -0.2) is 0 Å². The van der Waals surface area contributed by atoms with Crippen molar-refractivity contribution >= 4 is 21.9 Å². The fourth-order valence-electron chi connectivity index (χ4n) is 1.55. The van der Waals surface area contributed by atoms with Crippen molar-refractivity contribution in [2.45, 2.75) is 20.8 Å². The minimum absolute atomic E-state index is 0.200. The maximum atomic E-state index is 11.8. The first-order chi connectivity index (χ1) is 8.36. The molecule has 0 heterocycles. The molecule has 0 bridgehead atoms. The van der Waals surface area contributed by atoms with Crippen LogP contribution in [0.3, 0.4) is 0 Å². The minimum atomic E-state index is -0.297. The fraction of sp³-hybridized carbons (Fsp3) is 0.500. The number of esters is 1. The smallest absolute Gasteiger partial charge is 0.312 e. The molecular formula is C14H19BrO3. The van der Waals surface area contributed by atoms with E-state index in [0.717, 1.165) is 10.2 Å². The van der Waals surface area contributed by atoms with Crippen molar-refractivity contribution in [2.24, 2.45) is 11.3 Å². The van der Waals surface area contributed by atoms with E-state index in [1.807, 2.05) is 45.0 Å². The second-order valence-corrected chi connectivity index (χ2v) is 6.04. The summed E-state index contributed by atoms with van der Waals surface area (Å²) in [4.78, 5) is 11.8. The SMILES string of the molecule is COC(=O)C(COc1ccccc1Br)C(C)(C)C. The molecule has 18 heavy (non-hydrogen) atoms. The highest BCUT2D eigenvalue weighted by molar-refractivity contribution is 9.10. The second-order valence-electron chi connectivity index (χ2n) is 5.18. The molecule has 3 nitrogen and oxygen atoms in total. The molecule has 0 amide bonds. The lowest BCUT2D eigenvalue weighted by Crippen LogP contribution is -2.34. The van der Waals surface area contributed by atoms with Gasteiger partial charge in [0.15, 0.2) is 0 Å². The summed E-state index contributed by atoms with van der Waals surface area (Å²) in [5.74, 6) is 0.194. The van der Waals surface area contributed by atoms with Crippen molar-refractivity contribution in [3.63, 3.8) is 0 Å². The Labute approximate surface area is 117 Å². The summed E-state index contributed by atoms with van der Waals surface area (Å²) in [7, 11) is 1.40. The van der Waals surface area contributed by atoms with Crippen LogP contribution >= 0.6 is 15.9 Å². The van der Waals surface area contributed by atoms with E-state index in [1.54, 1.807) is 0 Å². The predicted octanol–water partition coefficient (Wildman–Crippen LogP) is 3.66. The highest BCUT2D eigenvalue weighted by Crippen LogP contribution is 2.30. The molecule has 1 atom stereocenters. The van der Waals surface area contributed by atoms with Crippen LogP contribution in [0.15, 0.2) is 28.7 Å². The Balaban J connectivity index is 2.75. The van der Waals surface area contributed by atoms with Crippen LogP contribution in [-0.2, 0) is 9.53 Å². The molecule has 0 N–H and O–H groups in total. The molecular weight excluding hydrogens is 296 g/mol. The van der Waals surface area contributed by atoms with Gasteiger partial charge in [0.1, 0.15) is 12.4 Å². The first kappa shape index (κ1) is 15.0. The van der Waals surface area contributed by atoms with Crippen molar-refractivity contribution in [2.75, 3.05) is 13.7 Å². The molecule has 0 fully saturated rings. The molecule has 100 valence electrons. The van der Waals surface area contributed by atoms with Gasteiger partial charge in [0, 0.05) is 0 Å². The van der Waals surface area contributed by atoms with E-state index in [0.29, 0.717) is 6.61 Å². The monoisotopic (exact) mass is 314 g/mol. The minimum Gasteiger partial charge on any atom is -0.491 e. The number of rotatable bonds is 4. The van der Waals surface area contributed by atoms with Gasteiger partial charge in [-0.1, -0.05) is 32.9 Å². The lowest BCUT2D eigenvalue weighted by atomic mass is 9.81. The van der Waals surface area contributed by atoms with Crippen molar-refractivity contribution < 1.29 is 14.3 Å². The number of para-hydroxylation sites is 1. The first-order valence-corrected chi connectivity index (χ1v) is 6.60. The summed E-state index contributed by atoms with van der Waals surface area (Å²) in [6, 6.07) is 7.57. The van der Waals surface area contributed by atoms with E-state index in [-0.39, 0.29) is 17.3 Å². The van der Waals surface area contributed by atoms with E-state index >= 15 is 0 Å². The zero-order valence-corrected chi connectivity index (χ0v) is 12.8. The van der Waals surface area contributed by atoms with Crippen LogP contribution in [0.5, 0.6) is 5.75 Å². The topological polar surface area (TPSA) is 35.5 Å². The molecule has 1 unspecified atom stereocenters. The predicted molar refractivity (Wildman–Crippen MR) is 74.6 cm³/mol. The molecule has 0 aromatic heterocycles. The third kappa shape index (κ3) is 4.02. The average Bonchev–Trinajstić information content (AvgIpc) is 2.29. The number of halogens is 1. The molecule has 0 spiro atoms. The standard InChI is InChI=1S/C14H19BrO3/c1-14(2,3)10(13(16)17-4)9-18-12-8-6-5-7-11(12)15/h5-8,10H,9H2,1-4H3. The molecule has 0 aliphatic heterocycles. The zero-order valence-electron chi connectivity index (χ0n) is 11.2. The quantitative estimate of drug-likeness (QED) is 0.796. The average molecular weight is 315 g/mol. The van der Waals surface area contributed by atoms with Crippen LogP contribution in [0.25, 0.3) is 0 Å². The second kappa shape index (κ2) is 6.23. The van der Waals surface area contributed by atoms with E-state index < -0.39 is 0 Å². The summed E-state index contributed by atoms with van der Waals surface area (Å²) in [5, 5.41) is 0. The lowest BCUT2D eigenvalue weighted by molar-refractivity contribution is -0.150. The van der Waals surface area contributed by atoms with Gasteiger partial charge in [-0.2, -0.15) is 0 Å². The Morgan fingerprint density at radius 3 is 2.44 bits per heavy atom. The number of methoxy groups -OCH3 is 1. The Hall–Kier alpha value is -1.03. The highest BCUT2D eigenvalue weighted by Gasteiger charge is 2.33. The van der Waals surface area contributed by atoms with Crippen molar-refractivity contribution in [3.05, 3.63) is 28.7 Å². The molecule has 1 aromatic rings. The maximum Gasteiger partial charge on any atom is 0.312 e. The van der Waals surface area contributed by atoms with Gasteiger partial charge in [0.25, 0.3) is 0 Å². The Bertz CT molecular complexity index is 410. The summed E-state index contributed by atoms with van der Waals surface area (Å²) < 4.78 is 11.4. The molecule has 0 saturated heterocycles. The number of hydrogen-bond donors (Lipinski definition) is 0. The van der Waals surface area contributed by atoms with E-state index in [9.17, 15) is 4.79 Å². The largest absolute Gasteiger partial charge is 0.491 e. The molecule has 1 aromatic carbocycles. The molecule has 0 saturated carbocycles. The van der Waals surface area contributed by atoms with Gasteiger partial charge in [0.2, 0.25) is 0 Å². The van der Waals surface area contributed by atoms with Crippen molar-refractivity contribution in [1.82, 2.24) is 0 Å².